The summed E-state index contributed by atoms with van der Waals surface area (Å²) in [6.45, 7) is 2.57. The number of rotatable bonds is 4. The van der Waals surface area contributed by atoms with Crippen LogP contribution in [-0.2, 0) is 6.61 Å². The molecule has 0 radical (unpaired) electrons. The van der Waals surface area contributed by atoms with Crippen LogP contribution in [0.25, 0.3) is 5.69 Å². The van der Waals surface area contributed by atoms with Gasteiger partial charge in [-0.05, 0) is 36.8 Å². The summed E-state index contributed by atoms with van der Waals surface area (Å²) in [4.78, 5) is 4.23. The second kappa shape index (κ2) is 5.61. The van der Waals surface area contributed by atoms with E-state index in [1.165, 1.54) is 0 Å². The molecule has 1 aromatic heterocycles. The molecule has 3 heteroatoms. The minimum Gasteiger partial charge on any atom is -0.489 e. The highest BCUT2D eigenvalue weighted by atomic mass is 16.5. The standard InChI is InChI=1S/C17H16N2O/c1-14-18-11-12-19(14)16-9-7-15(8-10-16)13-20-17-5-3-2-4-6-17/h2-12H,13H2,1H3. The van der Waals surface area contributed by atoms with Crippen molar-refractivity contribution in [2.24, 2.45) is 0 Å². The first kappa shape index (κ1) is 12.5. The molecular weight excluding hydrogens is 248 g/mol. The Morgan fingerprint density at radius 3 is 2.40 bits per heavy atom. The van der Waals surface area contributed by atoms with Gasteiger partial charge in [-0.1, -0.05) is 30.3 Å². The Kier molecular flexibility index (Phi) is 3.50. The Hall–Kier alpha value is -2.55. The minimum absolute atomic E-state index is 0.577. The van der Waals surface area contributed by atoms with Gasteiger partial charge in [0.15, 0.2) is 0 Å². The summed E-state index contributed by atoms with van der Waals surface area (Å²) < 4.78 is 7.78. The highest BCUT2D eigenvalue weighted by Gasteiger charge is 2.01. The van der Waals surface area contributed by atoms with Crippen LogP contribution in [0.5, 0.6) is 5.75 Å². The fourth-order valence-electron chi connectivity index (χ4n) is 2.09. The van der Waals surface area contributed by atoms with Gasteiger partial charge in [0.2, 0.25) is 0 Å². The summed E-state index contributed by atoms with van der Waals surface area (Å²) in [7, 11) is 0. The van der Waals surface area contributed by atoms with Crippen LogP contribution in [0.2, 0.25) is 0 Å². The van der Waals surface area contributed by atoms with Gasteiger partial charge in [0.05, 0.1) is 0 Å². The van der Waals surface area contributed by atoms with Gasteiger partial charge in [0.1, 0.15) is 18.2 Å². The van der Waals surface area contributed by atoms with Gasteiger partial charge in [-0.3, -0.25) is 0 Å². The van der Waals surface area contributed by atoms with E-state index in [0.29, 0.717) is 6.61 Å². The van der Waals surface area contributed by atoms with E-state index in [9.17, 15) is 0 Å². The highest BCUT2D eigenvalue weighted by Crippen LogP contribution is 2.14. The third kappa shape index (κ3) is 2.72. The summed E-state index contributed by atoms with van der Waals surface area (Å²) in [6.07, 6.45) is 3.77. The van der Waals surface area contributed by atoms with Gasteiger partial charge < -0.3 is 9.30 Å². The molecule has 0 atom stereocenters. The Morgan fingerprint density at radius 2 is 1.75 bits per heavy atom. The van der Waals surface area contributed by atoms with E-state index in [1.54, 1.807) is 0 Å². The SMILES string of the molecule is Cc1nccn1-c1ccc(COc2ccccc2)cc1. The number of hydrogen-bond acceptors (Lipinski definition) is 2. The third-order valence-electron chi connectivity index (χ3n) is 3.19. The molecular formula is C17H16N2O. The molecule has 3 nitrogen and oxygen atoms in total. The van der Waals surface area contributed by atoms with Crippen molar-refractivity contribution in [1.29, 1.82) is 0 Å². The molecule has 20 heavy (non-hydrogen) atoms. The van der Waals surface area contributed by atoms with Gasteiger partial charge in [-0.2, -0.15) is 0 Å². The zero-order valence-corrected chi connectivity index (χ0v) is 11.4. The molecule has 0 saturated carbocycles. The van der Waals surface area contributed by atoms with E-state index in [1.807, 2.05) is 49.6 Å². The molecule has 0 aliphatic heterocycles. The first-order valence-electron chi connectivity index (χ1n) is 6.60. The smallest absolute Gasteiger partial charge is 0.119 e. The topological polar surface area (TPSA) is 27.1 Å². The van der Waals surface area contributed by atoms with Crippen molar-refractivity contribution >= 4 is 0 Å². The van der Waals surface area contributed by atoms with E-state index < -0.39 is 0 Å². The van der Waals surface area contributed by atoms with Crippen molar-refractivity contribution in [2.45, 2.75) is 13.5 Å². The third-order valence-corrected chi connectivity index (χ3v) is 3.19. The summed E-state index contributed by atoms with van der Waals surface area (Å²) in [5.74, 6) is 1.88. The Bertz CT molecular complexity index is 672. The highest BCUT2D eigenvalue weighted by molar-refractivity contribution is 5.35. The molecule has 0 N–H and O–H groups in total. The van der Waals surface area contributed by atoms with Crippen LogP contribution in [0.15, 0.2) is 67.0 Å². The predicted molar refractivity (Wildman–Crippen MR) is 79.1 cm³/mol. The minimum atomic E-state index is 0.577. The van der Waals surface area contributed by atoms with Crippen molar-refractivity contribution in [2.75, 3.05) is 0 Å². The molecule has 0 amide bonds. The van der Waals surface area contributed by atoms with E-state index in [-0.39, 0.29) is 0 Å². The summed E-state index contributed by atoms with van der Waals surface area (Å²) in [6, 6.07) is 18.2. The van der Waals surface area contributed by atoms with E-state index >= 15 is 0 Å². The number of nitrogens with zero attached hydrogens (tertiary/aromatic N) is 2. The van der Waals surface area contributed by atoms with Crippen molar-refractivity contribution < 1.29 is 4.74 Å². The van der Waals surface area contributed by atoms with Crippen LogP contribution in [0.4, 0.5) is 0 Å². The summed E-state index contributed by atoms with van der Waals surface area (Å²) >= 11 is 0. The molecule has 0 unspecified atom stereocenters. The molecule has 3 aromatic rings. The van der Waals surface area contributed by atoms with Gasteiger partial charge in [-0.25, -0.2) is 4.98 Å². The lowest BCUT2D eigenvalue weighted by Crippen LogP contribution is -1.98. The van der Waals surface area contributed by atoms with Crippen LogP contribution in [0, 0.1) is 6.92 Å². The number of hydrogen-bond donors (Lipinski definition) is 0. The average Bonchev–Trinajstić information content (AvgIpc) is 2.93. The second-order valence-corrected chi connectivity index (χ2v) is 4.61. The molecule has 0 spiro atoms. The van der Waals surface area contributed by atoms with Gasteiger partial charge in [0.25, 0.3) is 0 Å². The Labute approximate surface area is 118 Å². The fourth-order valence-corrected chi connectivity index (χ4v) is 2.09. The van der Waals surface area contributed by atoms with E-state index in [0.717, 1.165) is 22.8 Å². The lowest BCUT2D eigenvalue weighted by molar-refractivity contribution is 0.306. The quantitative estimate of drug-likeness (QED) is 0.717. The molecule has 0 aliphatic carbocycles. The van der Waals surface area contributed by atoms with Gasteiger partial charge in [-0.15, -0.1) is 0 Å². The molecule has 1 heterocycles. The number of ether oxygens (including phenoxy) is 1. The van der Waals surface area contributed by atoms with Crippen molar-refractivity contribution in [3.05, 3.63) is 78.4 Å². The van der Waals surface area contributed by atoms with Crippen LogP contribution in [-0.4, -0.2) is 9.55 Å². The molecule has 100 valence electrons. The van der Waals surface area contributed by atoms with Crippen LogP contribution in [0.3, 0.4) is 0 Å². The van der Waals surface area contributed by atoms with Crippen molar-refractivity contribution in [1.82, 2.24) is 9.55 Å². The molecule has 0 bridgehead atoms. The Balaban J connectivity index is 1.69. The number of imidazole rings is 1. The molecule has 0 fully saturated rings. The maximum atomic E-state index is 5.73. The molecule has 3 rings (SSSR count). The van der Waals surface area contributed by atoms with Gasteiger partial charge >= 0.3 is 0 Å². The number of benzene rings is 2. The van der Waals surface area contributed by atoms with Crippen molar-refractivity contribution in [3.63, 3.8) is 0 Å². The maximum absolute atomic E-state index is 5.73. The monoisotopic (exact) mass is 264 g/mol. The summed E-state index contributed by atoms with van der Waals surface area (Å²) in [5.41, 5.74) is 2.26. The van der Waals surface area contributed by atoms with Crippen LogP contribution < -0.4 is 4.74 Å². The van der Waals surface area contributed by atoms with Gasteiger partial charge in [0, 0.05) is 18.1 Å². The van der Waals surface area contributed by atoms with Crippen LogP contribution in [0.1, 0.15) is 11.4 Å². The summed E-state index contributed by atoms with van der Waals surface area (Å²) in [5, 5.41) is 0. The van der Waals surface area contributed by atoms with E-state index in [4.69, 9.17) is 4.74 Å². The van der Waals surface area contributed by atoms with Crippen LogP contribution >= 0.6 is 0 Å². The van der Waals surface area contributed by atoms with Crippen molar-refractivity contribution in [3.8, 4) is 11.4 Å². The molecule has 0 aliphatic rings. The zero-order chi connectivity index (χ0) is 13.8. The lowest BCUT2D eigenvalue weighted by atomic mass is 10.2. The predicted octanol–water partition coefficient (Wildman–Crippen LogP) is 3.76. The zero-order valence-electron chi connectivity index (χ0n) is 11.4. The lowest BCUT2D eigenvalue weighted by Gasteiger charge is -2.08. The largest absolute Gasteiger partial charge is 0.489 e. The normalized spacial score (nSPS) is 10.4. The molecule has 0 saturated heterocycles. The average molecular weight is 264 g/mol. The number of aromatic nitrogens is 2. The maximum Gasteiger partial charge on any atom is 0.119 e. The van der Waals surface area contributed by atoms with E-state index in [2.05, 4.69) is 33.8 Å². The molecule has 2 aromatic carbocycles. The first-order valence-corrected chi connectivity index (χ1v) is 6.60. The fraction of sp³-hybridized carbons (Fsp3) is 0.118. The first-order chi connectivity index (χ1) is 9.83. The second-order valence-electron chi connectivity index (χ2n) is 4.61. The number of aryl methyl sites for hydroxylation is 1. The Morgan fingerprint density at radius 1 is 1.00 bits per heavy atom. The number of para-hydroxylation sites is 1.